The Hall–Kier alpha value is -2.53. The van der Waals surface area contributed by atoms with Crippen molar-refractivity contribution in [2.75, 3.05) is 34.4 Å². The van der Waals surface area contributed by atoms with Crippen molar-refractivity contribution >= 4 is 5.78 Å². The molecule has 1 aliphatic heterocycles. The fraction of sp³-hybridized carbons (Fsp3) is 0.458. The highest BCUT2D eigenvalue weighted by atomic mass is 16.5. The maximum absolute atomic E-state index is 13.1. The number of Topliss-reactive ketones (excluding diaryl/α,β-unsaturated/α-hetero) is 1. The topological polar surface area (TPSA) is 48.0 Å². The molecule has 2 aromatic carbocycles. The molecule has 0 amide bonds. The van der Waals surface area contributed by atoms with Gasteiger partial charge in [0, 0.05) is 18.0 Å². The van der Waals surface area contributed by atoms with Crippen molar-refractivity contribution in [2.45, 2.75) is 38.1 Å². The van der Waals surface area contributed by atoms with Crippen molar-refractivity contribution in [3.63, 3.8) is 0 Å². The number of hydrogen-bond acceptors (Lipinski definition) is 5. The normalized spacial score (nSPS) is 16.0. The van der Waals surface area contributed by atoms with Crippen LogP contribution < -0.4 is 14.2 Å². The van der Waals surface area contributed by atoms with Gasteiger partial charge in [-0.25, -0.2) is 0 Å². The van der Waals surface area contributed by atoms with E-state index in [0.29, 0.717) is 23.7 Å². The first-order chi connectivity index (χ1) is 14.2. The lowest BCUT2D eigenvalue weighted by Crippen LogP contribution is -2.31. The highest BCUT2D eigenvalue weighted by Crippen LogP contribution is 2.42. The molecule has 0 radical (unpaired) electrons. The van der Waals surface area contributed by atoms with Crippen molar-refractivity contribution in [1.29, 1.82) is 0 Å². The van der Waals surface area contributed by atoms with Crippen LogP contribution in [0.5, 0.6) is 17.2 Å². The fourth-order valence-corrected chi connectivity index (χ4v) is 4.08. The second-order valence-electron chi connectivity index (χ2n) is 7.42. The summed E-state index contributed by atoms with van der Waals surface area (Å²) in [6, 6.07) is 13.5. The van der Waals surface area contributed by atoms with Gasteiger partial charge in [-0.05, 0) is 43.6 Å². The van der Waals surface area contributed by atoms with E-state index in [1.54, 1.807) is 21.3 Å². The monoisotopic (exact) mass is 397 g/mol. The molecule has 5 nitrogen and oxygen atoms in total. The van der Waals surface area contributed by atoms with Gasteiger partial charge < -0.3 is 14.2 Å². The SMILES string of the molecule is COc1cc(C(CC(=O)c2ccccc2)N2CCCCCC2)cc(OC)c1OC. The van der Waals surface area contributed by atoms with Gasteiger partial charge in [-0.1, -0.05) is 43.2 Å². The van der Waals surface area contributed by atoms with E-state index in [0.717, 1.165) is 37.1 Å². The minimum absolute atomic E-state index is 0.0329. The van der Waals surface area contributed by atoms with Crippen LogP contribution in [-0.4, -0.2) is 45.1 Å². The van der Waals surface area contributed by atoms with Crippen molar-refractivity contribution < 1.29 is 19.0 Å². The lowest BCUT2D eigenvalue weighted by molar-refractivity contribution is 0.0918. The minimum atomic E-state index is -0.0329. The minimum Gasteiger partial charge on any atom is -0.493 e. The Bertz CT molecular complexity index is 773. The molecule has 1 aliphatic rings. The molecule has 156 valence electrons. The third-order valence-electron chi connectivity index (χ3n) is 5.63. The maximum atomic E-state index is 13.1. The largest absolute Gasteiger partial charge is 0.493 e. The highest BCUT2D eigenvalue weighted by molar-refractivity contribution is 5.96. The van der Waals surface area contributed by atoms with Gasteiger partial charge in [0.05, 0.1) is 21.3 Å². The van der Waals surface area contributed by atoms with Crippen LogP contribution in [0.3, 0.4) is 0 Å². The van der Waals surface area contributed by atoms with Gasteiger partial charge in [0.25, 0.3) is 0 Å². The van der Waals surface area contributed by atoms with Crippen LogP contribution in [0.1, 0.15) is 54.1 Å². The van der Waals surface area contributed by atoms with Crippen LogP contribution in [0, 0.1) is 0 Å². The zero-order valence-corrected chi connectivity index (χ0v) is 17.6. The zero-order valence-electron chi connectivity index (χ0n) is 17.6. The molecule has 0 spiro atoms. The molecule has 0 aliphatic carbocycles. The molecule has 0 saturated carbocycles. The van der Waals surface area contributed by atoms with E-state index in [1.807, 2.05) is 42.5 Å². The van der Waals surface area contributed by atoms with Crippen molar-refractivity contribution in [2.24, 2.45) is 0 Å². The number of ether oxygens (including phenoxy) is 3. The molecule has 0 N–H and O–H groups in total. The Morgan fingerprint density at radius 2 is 1.48 bits per heavy atom. The Morgan fingerprint density at radius 3 is 2.00 bits per heavy atom. The fourth-order valence-electron chi connectivity index (χ4n) is 4.08. The third kappa shape index (κ3) is 5.10. The molecular weight excluding hydrogens is 366 g/mol. The van der Waals surface area contributed by atoms with Crippen LogP contribution in [0.15, 0.2) is 42.5 Å². The second-order valence-corrected chi connectivity index (χ2v) is 7.42. The van der Waals surface area contributed by atoms with Crippen molar-refractivity contribution in [3.8, 4) is 17.2 Å². The summed E-state index contributed by atoms with van der Waals surface area (Å²) in [5, 5.41) is 0. The zero-order chi connectivity index (χ0) is 20.6. The first-order valence-electron chi connectivity index (χ1n) is 10.3. The number of carbonyl (C=O) groups is 1. The van der Waals surface area contributed by atoms with Gasteiger partial charge in [-0.15, -0.1) is 0 Å². The average molecular weight is 398 g/mol. The molecular formula is C24H31NO4. The summed E-state index contributed by atoms with van der Waals surface area (Å²) in [5.41, 5.74) is 1.77. The molecule has 1 heterocycles. The first kappa shape index (κ1) is 21.2. The molecule has 1 saturated heterocycles. The molecule has 2 aromatic rings. The molecule has 29 heavy (non-hydrogen) atoms. The van der Waals surface area contributed by atoms with Crippen molar-refractivity contribution in [3.05, 3.63) is 53.6 Å². The molecule has 0 bridgehead atoms. The quantitative estimate of drug-likeness (QED) is 0.593. The Balaban J connectivity index is 1.99. The van der Waals surface area contributed by atoms with Gasteiger partial charge in [0.2, 0.25) is 5.75 Å². The third-order valence-corrected chi connectivity index (χ3v) is 5.63. The number of carbonyl (C=O) groups excluding carboxylic acids is 1. The lowest BCUT2D eigenvalue weighted by atomic mass is 9.95. The van der Waals surface area contributed by atoms with Crippen LogP contribution in [0.4, 0.5) is 0 Å². The molecule has 0 aromatic heterocycles. The summed E-state index contributed by atoms with van der Waals surface area (Å²) in [4.78, 5) is 15.5. The number of methoxy groups -OCH3 is 3. The van der Waals surface area contributed by atoms with Crippen LogP contribution in [-0.2, 0) is 0 Å². The predicted molar refractivity (Wildman–Crippen MR) is 114 cm³/mol. The summed E-state index contributed by atoms with van der Waals surface area (Å²) in [5.74, 6) is 1.96. The number of benzene rings is 2. The molecule has 1 unspecified atom stereocenters. The van der Waals surface area contributed by atoms with Gasteiger partial charge in [0.15, 0.2) is 17.3 Å². The molecule has 5 heteroatoms. The van der Waals surface area contributed by atoms with E-state index < -0.39 is 0 Å². The van der Waals surface area contributed by atoms with E-state index >= 15 is 0 Å². The summed E-state index contributed by atoms with van der Waals surface area (Å²) in [7, 11) is 4.85. The van der Waals surface area contributed by atoms with Gasteiger partial charge in [0.1, 0.15) is 0 Å². The summed E-state index contributed by atoms with van der Waals surface area (Å²) < 4.78 is 16.6. The van der Waals surface area contributed by atoms with Crippen LogP contribution in [0.2, 0.25) is 0 Å². The van der Waals surface area contributed by atoms with Crippen LogP contribution in [0.25, 0.3) is 0 Å². The van der Waals surface area contributed by atoms with Crippen LogP contribution >= 0.6 is 0 Å². The number of hydrogen-bond donors (Lipinski definition) is 0. The Morgan fingerprint density at radius 1 is 0.897 bits per heavy atom. The van der Waals surface area contributed by atoms with Gasteiger partial charge in [-0.3, -0.25) is 9.69 Å². The lowest BCUT2D eigenvalue weighted by Gasteiger charge is -2.31. The van der Waals surface area contributed by atoms with E-state index in [4.69, 9.17) is 14.2 Å². The molecule has 1 fully saturated rings. The number of rotatable bonds is 8. The summed E-state index contributed by atoms with van der Waals surface area (Å²) in [6.45, 7) is 1.98. The van der Waals surface area contributed by atoms with Gasteiger partial charge in [-0.2, -0.15) is 0 Å². The summed E-state index contributed by atoms with van der Waals surface area (Å²) >= 11 is 0. The van der Waals surface area contributed by atoms with E-state index in [9.17, 15) is 4.79 Å². The average Bonchev–Trinajstić information content (AvgIpc) is 3.06. The molecule has 3 rings (SSSR count). The Kier molecular flexibility index (Phi) is 7.53. The standard InChI is InChI=1S/C24H31NO4/c1-27-22-15-19(16-23(28-2)24(22)29-3)20(25-13-9-4-5-10-14-25)17-21(26)18-11-7-6-8-12-18/h6-8,11-12,15-16,20H,4-5,9-10,13-14,17H2,1-3H3. The highest BCUT2D eigenvalue weighted by Gasteiger charge is 2.27. The van der Waals surface area contributed by atoms with E-state index in [2.05, 4.69) is 4.90 Å². The Labute approximate surface area is 173 Å². The smallest absolute Gasteiger partial charge is 0.203 e. The summed E-state index contributed by atoms with van der Waals surface area (Å²) in [6.07, 6.45) is 5.21. The van der Waals surface area contributed by atoms with Crippen molar-refractivity contribution in [1.82, 2.24) is 4.90 Å². The number of ketones is 1. The number of likely N-dealkylation sites (tertiary alicyclic amines) is 1. The van der Waals surface area contributed by atoms with E-state index in [1.165, 1.54) is 12.8 Å². The predicted octanol–water partition coefficient (Wildman–Crippen LogP) is 4.90. The molecule has 1 atom stereocenters. The van der Waals surface area contributed by atoms with E-state index in [-0.39, 0.29) is 11.8 Å². The maximum Gasteiger partial charge on any atom is 0.203 e. The van der Waals surface area contributed by atoms with Gasteiger partial charge >= 0.3 is 0 Å². The second kappa shape index (κ2) is 10.3. The number of nitrogens with zero attached hydrogens (tertiary/aromatic N) is 1. The first-order valence-corrected chi connectivity index (χ1v) is 10.3.